The molecule has 2 saturated heterocycles. The average molecular weight is 183 g/mol. The van der Waals surface area contributed by atoms with Gasteiger partial charge in [0, 0.05) is 12.1 Å². The number of fused-ring (bicyclic) bond motifs is 1. The zero-order valence-corrected chi connectivity index (χ0v) is 8.52. The largest absolute Gasteiger partial charge is 0.293 e. The van der Waals surface area contributed by atoms with Gasteiger partial charge in [-0.15, -0.1) is 0 Å². The Morgan fingerprint density at radius 2 is 2.31 bits per heavy atom. The highest BCUT2D eigenvalue weighted by atomic mass is 19.1. The van der Waals surface area contributed by atoms with Gasteiger partial charge in [-0.25, -0.2) is 4.39 Å². The summed E-state index contributed by atoms with van der Waals surface area (Å²) in [6, 6.07) is 0. The summed E-state index contributed by atoms with van der Waals surface area (Å²) in [7, 11) is 0. The summed E-state index contributed by atoms with van der Waals surface area (Å²) >= 11 is 0. The van der Waals surface area contributed by atoms with E-state index in [1.165, 1.54) is 12.8 Å². The third-order valence-corrected chi connectivity index (χ3v) is 3.82. The van der Waals surface area contributed by atoms with Gasteiger partial charge in [-0.2, -0.15) is 0 Å². The fraction of sp³-hybridized carbons (Fsp3) is 0.818. The normalized spacial score (nSPS) is 37.7. The summed E-state index contributed by atoms with van der Waals surface area (Å²) in [4.78, 5) is 2.48. The average Bonchev–Trinajstić information content (AvgIpc) is 2.58. The molecular formula is C11H18FN. The Morgan fingerprint density at radius 1 is 1.54 bits per heavy atom. The maximum atomic E-state index is 12.5. The molecule has 1 nitrogen and oxygen atoms in total. The lowest BCUT2D eigenvalue weighted by atomic mass is 9.82. The second-order valence-electron chi connectivity index (χ2n) is 4.73. The van der Waals surface area contributed by atoms with Gasteiger partial charge in [0.1, 0.15) is 0 Å². The number of rotatable bonds is 1. The van der Waals surface area contributed by atoms with Gasteiger partial charge >= 0.3 is 0 Å². The zero-order valence-electron chi connectivity index (χ0n) is 8.52. The van der Waals surface area contributed by atoms with Crippen molar-refractivity contribution in [2.24, 2.45) is 5.92 Å². The monoisotopic (exact) mass is 183 g/mol. The molecule has 0 aromatic rings. The summed E-state index contributed by atoms with van der Waals surface area (Å²) in [6.45, 7) is 6.56. The second-order valence-corrected chi connectivity index (χ2v) is 4.73. The fourth-order valence-electron chi connectivity index (χ4n) is 3.02. The number of hydrogen-bond donors (Lipinski definition) is 0. The minimum atomic E-state index is 0.303. The zero-order chi connectivity index (χ0) is 9.47. The molecular weight excluding hydrogens is 165 g/mol. The molecule has 0 aromatic carbocycles. The Morgan fingerprint density at radius 3 is 2.85 bits per heavy atom. The van der Waals surface area contributed by atoms with E-state index in [0.29, 0.717) is 11.5 Å². The first-order valence-electron chi connectivity index (χ1n) is 5.22. The van der Waals surface area contributed by atoms with Crippen LogP contribution in [0.5, 0.6) is 0 Å². The van der Waals surface area contributed by atoms with Gasteiger partial charge in [-0.3, -0.25) is 4.90 Å². The third kappa shape index (κ3) is 1.23. The lowest BCUT2D eigenvalue weighted by molar-refractivity contribution is 0.136. The van der Waals surface area contributed by atoms with E-state index in [-0.39, 0.29) is 0 Å². The second kappa shape index (κ2) is 3.09. The highest BCUT2D eigenvalue weighted by molar-refractivity contribution is 5.19. The molecule has 0 bridgehead atoms. The van der Waals surface area contributed by atoms with Gasteiger partial charge in [0.15, 0.2) is 0 Å². The Hall–Kier alpha value is -0.370. The van der Waals surface area contributed by atoms with Gasteiger partial charge in [-0.05, 0) is 37.3 Å². The van der Waals surface area contributed by atoms with E-state index in [4.69, 9.17) is 0 Å². The molecule has 0 radical (unpaired) electrons. The highest BCUT2D eigenvalue weighted by Gasteiger charge is 2.48. The molecule has 0 aliphatic carbocycles. The van der Waals surface area contributed by atoms with Crippen molar-refractivity contribution < 1.29 is 4.39 Å². The van der Waals surface area contributed by atoms with E-state index in [1.807, 2.05) is 0 Å². The van der Waals surface area contributed by atoms with E-state index in [2.05, 4.69) is 18.7 Å². The van der Waals surface area contributed by atoms with Gasteiger partial charge in [0.2, 0.25) is 0 Å². The number of nitrogens with zero attached hydrogens (tertiary/aromatic N) is 1. The topological polar surface area (TPSA) is 3.24 Å². The smallest absolute Gasteiger partial charge is 0.0872 e. The first-order chi connectivity index (χ1) is 6.19. The Balaban J connectivity index is 2.25. The number of hydrogen-bond acceptors (Lipinski definition) is 1. The molecule has 2 heterocycles. The Labute approximate surface area is 79.6 Å². The lowest BCUT2D eigenvalue weighted by Gasteiger charge is -2.35. The van der Waals surface area contributed by atoms with Crippen molar-refractivity contribution in [2.75, 3.05) is 13.1 Å². The van der Waals surface area contributed by atoms with Crippen LogP contribution < -0.4 is 0 Å². The quantitative estimate of drug-likeness (QED) is 0.604. The van der Waals surface area contributed by atoms with Crippen LogP contribution >= 0.6 is 0 Å². The molecule has 0 N–H and O–H groups in total. The molecule has 2 heteroatoms. The lowest BCUT2D eigenvalue weighted by Crippen LogP contribution is -2.42. The molecule has 2 aliphatic rings. The predicted octanol–water partition coefficient (Wildman–Crippen LogP) is 2.73. The van der Waals surface area contributed by atoms with Crippen LogP contribution in [0.3, 0.4) is 0 Å². The van der Waals surface area contributed by atoms with E-state index in [0.717, 1.165) is 31.4 Å². The maximum absolute atomic E-state index is 12.5. The van der Waals surface area contributed by atoms with Crippen molar-refractivity contribution in [3.05, 3.63) is 11.9 Å². The molecule has 74 valence electrons. The van der Waals surface area contributed by atoms with Crippen molar-refractivity contribution in [3.8, 4) is 0 Å². The molecule has 0 aromatic heterocycles. The van der Waals surface area contributed by atoms with Gasteiger partial charge < -0.3 is 0 Å². The summed E-state index contributed by atoms with van der Waals surface area (Å²) in [6.07, 6.45) is 4.32. The van der Waals surface area contributed by atoms with Crippen molar-refractivity contribution in [1.82, 2.24) is 4.90 Å². The summed E-state index contributed by atoms with van der Waals surface area (Å²) in [5.41, 5.74) is 1.30. The maximum Gasteiger partial charge on any atom is 0.0872 e. The molecule has 1 atom stereocenters. The van der Waals surface area contributed by atoms with Crippen LogP contribution in [0.2, 0.25) is 0 Å². The molecule has 2 fully saturated rings. The molecule has 2 rings (SSSR count). The van der Waals surface area contributed by atoms with Gasteiger partial charge in [-0.1, -0.05) is 13.8 Å². The molecule has 0 saturated carbocycles. The van der Waals surface area contributed by atoms with Crippen LogP contribution in [0.1, 0.15) is 33.1 Å². The molecule has 0 spiro atoms. The predicted molar refractivity (Wildman–Crippen MR) is 52.2 cm³/mol. The van der Waals surface area contributed by atoms with Crippen molar-refractivity contribution in [1.29, 1.82) is 0 Å². The van der Waals surface area contributed by atoms with E-state index >= 15 is 0 Å². The van der Waals surface area contributed by atoms with Crippen LogP contribution in [0.4, 0.5) is 4.39 Å². The Bertz CT molecular complexity index is 234. The molecule has 13 heavy (non-hydrogen) atoms. The van der Waals surface area contributed by atoms with Crippen LogP contribution in [0.25, 0.3) is 0 Å². The first kappa shape index (κ1) is 9.20. The van der Waals surface area contributed by atoms with Crippen molar-refractivity contribution >= 4 is 0 Å². The number of halogens is 1. The van der Waals surface area contributed by atoms with Gasteiger partial charge in [0.05, 0.1) is 6.33 Å². The van der Waals surface area contributed by atoms with Crippen molar-refractivity contribution in [3.63, 3.8) is 0 Å². The standard InChI is InChI=1S/C11H18FN/c1-9(2)11-4-3-5-13(11)8-10(6-11)7-12/h7,9H,3-6,8H2,1-2H3/b10-7+. The molecule has 0 amide bonds. The SMILES string of the molecule is CC(C)C12CCCN1C/C(=C/F)C2. The Kier molecular flexibility index (Phi) is 2.18. The van der Waals surface area contributed by atoms with E-state index in [9.17, 15) is 4.39 Å². The highest BCUT2D eigenvalue weighted by Crippen LogP contribution is 2.45. The van der Waals surface area contributed by atoms with Crippen LogP contribution in [-0.4, -0.2) is 23.5 Å². The fourth-order valence-corrected chi connectivity index (χ4v) is 3.02. The minimum absolute atomic E-state index is 0.303. The minimum Gasteiger partial charge on any atom is -0.293 e. The van der Waals surface area contributed by atoms with E-state index in [1.54, 1.807) is 0 Å². The summed E-state index contributed by atoms with van der Waals surface area (Å²) in [5.74, 6) is 0.646. The van der Waals surface area contributed by atoms with Crippen LogP contribution in [-0.2, 0) is 0 Å². The summed E-state index contributed by atoms with van der Waals surface area (Å²) in [5, 5.41) is 0. The first-order valence-corrected chi connectivity index (χ1v) is 5.22. The third-order valence-electron chi connectivity index (χ3n) is 3.82. The van der Waals surface area contributed by atoms with Gasteiger partial charge in [0.25, 0.3) is 0 Å². The molecule has 2 aliphatic heterocycles. The van der Waals surface area contributed by atoms with Crippen LogP contribution in [0.15, 0.2) is 11.9 Å². The van der Waals surface area contributed by atoms with Crippen LogP contribution in [0, 0.1) is 5.92 Å². The molecule has 1 unspecified atom stereocenters. The summed E-state index contributed by atoms with van der Waals surface area (Å²) < 4.78 is 12.5. The van der Waals surface area contributed by atoms with E-state index < -0.39 is 0 Å². The van der Waals surface area contributed by atoms with Crippen molar-refractivity contribution in [2.45, 2.75) is 38.6 Å².